The Kier molecular flexibility index (Phi) is 7.15. The highest BCUT2D eigenvalue weighted by Crippen LogP contribution is 2.71. The first-order valence-electron chi connectivity index (χ1n) is 13.0. The van der Waals surface area contributed by atoms with Gasteiger partial charge in [-0.25, -0.2) is 0 Å². The summed E-state index contributed by atoms with van der Waals surface area (Å²) >= 11 is 5.59. The predicted octanol–water partition coefficient (Wildman–Crippen LogP) is 2.55. The quantitative estimate of drug-likeness (QED) is 0.272. The van der Waals surface area contributed by atoms with Gasteiger partial charge in [0.05, 0.1) is 29.6 Å². The van der Waals surface area contributed by atoms with Crippen molar-refractivity contribution in [2.75, 3.05) is 0 Å². The van der Waals surface area contributed by atoms with Gasteiger partial charge < -0.3 is 29.7 Å². The number of hydrogen-bond donors (Lipinski definition) is 3. The van der Waals surface area contributed by atoms with Crippen molar-refractivity contribution in [3.63, 3.8) is 0 Å². The van der Waals surface area contributed by atoms with Crippen LogP contribution >= 0.6 is 11.6 Å². The van der Waals surface area contributed by atoms with E-state index in [9.17, 15) is 34.5 Å². The molecular formula is C27H39ClO7. The molecule has 0 spiro atoms. The maximum atomic E-state index is 12.6. The van der Waals surface area contributed by atoms with E-state index in [1.807, 2.05) is 6.92 Å². The fraction of sp³-hybridized carbons (Fsp3) is 0.852. The highest BCUT2D eigenvalue weighted by atomic mass is 35.5. The van der Waals surface area contributed by atoms with Crippen molar-refractivity contribution in [1.82, 2.24) is 0 Å². The van der Waals surface area contributed by atoms with Crippen molar-refractivity contribution < 1.29 is 34.5 Å². The Balaban J connectivity index is 1.76. The van der Waals surface area contributed by atoms with E-state index < -0.39 is 40.5 Å². The van der Waals surface area contributed by atoms with Crippen molar-refractivity contribution in [1.29, 1.82) is 0 Å². The van der Waals surface area contributed by atoms with Gasteiger partial charge in [0.15, 0.2) is 0 Å². The van der Waals surface area contributed by atoms with E-state index in [1.165, 1.54) is 0 Å². The summed E-state index contributed by atoms with van der Waals surface area (Å²) in [6.45, 7) is 6.04. The van der Waals surface area contributed by atoms with Crippen LogP contribution in [0.5, 0.6) is 0 Å². The second-order valence-electron chi connectivity index (χ2n) is 12.4. The van der Waals surface area contributed by atoms with E-state index in [4.69, 9.17) is 11.6 Å². The molecule has 0 bridgehead atoms. The summed E-state index contributed by atoms with van der Waals surface area (Å²) < 4.78 is 0. The molecule has 12 atom stereocenters. The van der Waals surface area contributed by atoms with Gasteiger partial charge in [-0.3, -0.25) is 4.79 Å². The Hall–Kier alpha value is -1.15. The zero-order valence-electron chi connectivity index (χ0n) is 20.8. The van der Waals surface area contributed by atoms with Crippen LogP contribution in [0, 0.1) is 57.7 Å². The molecule has 4 aliphatic carbocycles. The zero-order chi connectivity index (χ0) is 25.9. The van der Waals surface area contributed by atoms with Gasteiger partial charge in [-0.2, -0.15) is 0 Å². The summed E-state index contributed by atoms with van der Waals surface area (Å²) in [5.74, 6) is -1.79. The Morgan fingerprint density at radius 1 is 1.00 bits per heavy atom. The van der Waals surface area contributed by atoms with Gasteiger partial charge in [0.2, 0.25) is 5.24 Å². The second kappa shape index (κ2) is 9.30. The summed E-state index contributed by atoms with van der Waals surface area (Å²) in [5.41, 5.74) is -3.16. The van der Waals surface area contributed by atoms with Gasteiger partial charge in [-0.1, -0.05) is 20.8 Å². The number of fused-ring (bicyclic) bond motifs is 5. The molecule has 196 valence electrons. The minimum atomic E-state index is -1.71. The predicted molar refractivity (Wildman–Crippen MR) is 128 cm³/mol. The Labute approximate surface area is 212 Å². The average molecular weight is 511 g/mol. The largest absolute Gasteiger partial charge is 0.393 e. The Morgan fingerprint density at radius 2 is 1.63 bits per heavy atom. The first-order chi connectivity index (χ1) is 16.4. The molecule has 4 aliphatic rings. The lowest BCUT2D eigenvalue weighted by Gasteiger charge is -2.67. The van der Waals surface area contributed by atoms with Gasteiger partial charge in [0, 0.05) is 6.42 Å². The summed E-state index contributed by atoms with van der Waals surface area (Å²) in [5, 5.41) is 33.5. The lowest BCUT2D eigenvalue weighted by atomic mass is 9.36. The molecule has 7 nitrogen and oxygen atoms in total. The highest BCUT2D eigenvalue weighted by molar-refractivity contribution is 6.63. The minimum absolute atomic E-state index is 0.0271. The lowest BCUT2D eigenvalue weighted by molar-refractivity contribution is -0.243. The number of carbonyl (C=O) groups excluding carboxylic acids is 4. The van der Waals surface area contributed by atoms with E-state index in [0.29, 0.717) is 38.1 Å². The van der Waals surface area contributed by atoms with E-state index in [1.54, 1.807) is 0 Å². The molecule has 12 unspecified atom stereocenters. The Bertz CT molecular complexity index is 870. The number of aliphatic hydroxyl groups is 3. The first-order valence-corrected chi connectivity index (χ1v) is 13.4. The maximum Gasteiger partial charge on any atom is 0.221 e. The maximum absolute atomic E-state index is 12.6. The smallest absolute Gasteiger partial charge is 0.221 e. The van der Waals surface area contributed by atoms with Gasteiger partial charge >= 0.3 is 0 Å². The topological polar surface area (TPSA) is 129 Å². The van der Waals surface area contributed by atoms with Gasteiger partial charge in [-0.15, -0.1) is 0 Å². The van der Waals surface area contributed by atoms with E-state index >= 15 is 0 Å². The summed E-state index contributed by atoms with van der Waals surface area (Å²) in [6.07, 6.45) is 2.52. The third-order valence-corrected chi connectivity index (χ3v) is 11.7. The SMILES string of the molecule is CC(CCC(=O)Cl)C1CCC2C3C(O)CC4CC(O)C(C=O)C(C=O)(C=O)C4(C)C3CC(O)C12C. The zero-order valence-corrected chi connectivity index (χ0v) is 21.6. The van der Waals surface area contributed by atoms with Crippen LogP contribution in [-0.2, 0) is 19.2 Å². The summed E-state index contributed by atoms with van der Waals surface area (Å²) in [4.78, 5) is 48.7. The monoisotopic (exact) mass is 510 g/mol. The standard InChI is InChI=1S/C27H39ClO7/c1-14(4-7-23(28)35)16-5-6-17-24-18(10-22(34)25(16,17)2)26(3)15(9-21(24)33)8-20(32)19(11-29)27(26,12-30)13-31/h11-22,24,32-34H,4-10H2,1-3H3. The summed E-state index contributed by atoms with van der Waals surface area (Å²) in [6, 6.07) is 0. The van der Waals surface area contributed by atoms with Crippen LogP contribution in [-0.4, -0.2) is 57.7 Å². The number of aldehydes is 3. The molecule has 0 heterocycles. The van der Waals surface area contributed by atoms with Gasteiger partial charge in [0.1, 0.15) is 18.9 Å². The van der Waals surface area contributed by atoms with E-state index in [2.05, 4.69) is 13.8 Å². The fourth-order valence-electron chi connectivity index (χ4n) is 9.68. The van der Waals surface area contributed by atoms with Crippen LogP contribution < -0.4 is 0 Å². The highest BCUT2D eigenvalue weighted by Gasteiger charge is 2.72. The van der Waals surface area contributed by atoms with Gasteiger partial charge in [-0.05, 0) is 96.5 Å². The molecule has 3 N–H and O–H groups in total. The number of carbonyl (C=O) groups is 4. The molecular weight excluding hydrogens is 472 g/mol. The molecule has 35 heavy (non-hydrogen) atoms. The van der Waals surface area contributed by atoms with Crippen LogP contribution in [0.2, 0.25) is 0 Å². The average Bonchev–Trinajstić information content (AvgIpc) is 3.17. The molecule has 8 heteroatoms. The third kappa shape index (κ3) is 3.55. The van der Waals surface area contributed by atoms with Gasteiger partial charge in [0.25, 0.3) is 0 Å². The number of halogens is 1. The summed E-state index contributed by atoms with van der Waals surface area (Å²) in [7, 11) is 0. The van der Waals surface area contributed by atoms with Crippen molar-refractivity contribution in [3.8, 4) is 0 Å². The molecule has 0 aromatic rings. The molecule has 0 radical (unpaired) electrons. The van der Waals surface area contributed by atoms with Crippen LogP contribution in [0.1, 0.15) is 65.7 Å². The van der Waals surface area contributed by atoms with E-state index in [0.717, 1.165) is 12.8 Å². The van der Waals surface area contributed by atoms with Crippen LogP contribution in [0.25, 0.3) is 0 Å². The molecule has 4 saturated carbocycles. The molecule has 0 aromatic heterocycles. The molecule has 0 saturated heterocycles. The normalized spacial score (nSPS) is 49.2. The van der Waals surface area contributed by atoms with Crippen molar-refractivity contribution in [2.24, 2.45) is 57.7 Å². The van der Waals surface area contributed by atoms with Crippen molar-refractivity contribution in [2.45, 2.75) is 84.0 Å². The fourth-order valence-corrected chi connectivity index (χ4v) is 9.79. The number of rotatable bonds is 7. The lowest BCUT2D eigenvalue weighted by Crippen LogP contribution is -2.70. The molecule has 0 aromatic carbocycles. The Morgan fingerprint density at radius 3 is 2.20 bits per heavy atom. The molecule has 0 aliphatic heterocycles. The minimum Gasteiger partial charge on any atom is -0.393 e. The van der Waals surface area contributed by atoms with Crippen molar-refractivity contribution >= 4 is 35.7 Å². The molecule has 4 rings (SSSR count). The second-order valence-corrected chi connectivity index (χ2v) is 12.8. The number of hydrogen-bond acceptors (Lipinski definition) is 7. The van der Waals surface area contributed by atoms with Crippen LogP contribution in [0.15, 0.2) is 0 Å². The first kappa shape index (κ1) is 26.9. The van der Waals surface area contributed by atoms with E-state index in [-0.39, 0.29) is 53.6 Å². The van der Waals surface area contributed by atoms with Crippen LogP contribution in [0.3, 0.4) is 0 Å². The van der Waals surface area contributed by atoms with Crippen molar-refractivity contribution in [3.05, 3.63) is 0 Å². The number of aliphatic hydroxyl groups excluding tert-OH is 3. The molecule has 0 amide bonds. The van der Waals surface area contributed by atoms with Crippen LogP contribution in [0.4, 0.5) is 0 Å². The third-order valence-electron chi connectivity index (χ3n) is 11.5. The molecule has 4 fully saturated rings.